The summed E-state index contributed by atoms with van der Waals surface area (Å²) >= 11 is 0. The highest BCUT2D eigenvalue weighted by atomic mass is 32.2. The highest BCUT2D eigenvalue weighted by Crippen LogP contribution is 2.26. The molecule has 7 nitrogen and oxygen atoms in total. The number of anilines is 1. The topological polar surface area (TPSA) is 86.8 Å². The lowest BCUT2D eigenvalue weighted by atomic mass is 10.1. The molecule has 1 fully saturated rings. The highest BCUT2D eigenvalue weighted by Gasteiger charge is 2.35. The number of benzene rings is 2. The zero-order chi connectivity index (χ0) is 21.9. The molecule has 8 heteroatoms. The van der Waals surface area contributed by atoms with Gasteiger partial charge >= 0.3 is 0 Å². The molecule has 30 heavy (non-hydrogen) atoms. The van der Waals surface area contributed by atoms with Gasteiger partial charge in [0, 0.05) is 39.3 Å². The zero-order valence-electron chi connectivity index (χ0n) is 17.5. The molecule has 1 N–H and O–H groups in total. The molecule has 0 saturated carbocycles. The van der Waals surface area contributed by atoms with E-state index < -0.39 is 15.9 Å². The van der Waals surface area contributed by atoms with Crippen LogP contribution in [0.1, 0.15) is 24.5 Å². The number of hydrogen-bond donors (Lipinski definition) is 1. The van der Waals surface area contributed by atoms with Crippen LogP contribution in [0.2, 0.25) is 0 Å². The molecule has 0 unspecified atom stereocenters. The SMILES string of the molecule is CCc1cccc(N2C[C@H](C(=O)NCc3ccccc3S(=O)(=O)N(C)C)CC2=O)c1. The number of aryl methyl sites for hydroxylation is 1. The summed E-state index contributed by atoms with van der Waals surface area (Å²) in [4.78, 5) is 27.0. The monoisotopic (exact) mass is 429 g/mol. The Morgan fingerprint density at radius 2 is 1.90 bits per heavy atom. The van der Waals surface area contributed by atoms with Gasteiger partial charge in [-0.05, 0) is 35.7 Å². The molecule has 0 aromatic heterocycles. The van der Waals surface area contributed by atoms with Crippen LogP contribution in [-0.4, -0.2) is 45.2 Å². The first-order chi connectivity index (χ1) is 14.2. The number of hydrogen-bond acceptors (Lipinski definition) is 4. The number of rotatable bonds is 7. The van der Waals surface area contributed by atoms with Crippen molar-refractivity contribution in [1.82, 2.24) is 9.62 Å². The second kappa shape index (κ2) is 8.97. The first-order valence-corrected chi connectivity index (χ1v) is 11.4. The second-order valence-electron chi connectivity index (χ2n) is 7.54. The van der Waals surface area contributed by atoms with Crippen LogP contribution in [0.4, 0.5) is 5.69 Å². The largest absolute Gasteiger partial charge is 0.352 e. The van der Waals surface area contributed by atoms with E-state index in [4.69, 9.17) is 0 Å². The van der Waals surface area contributed by atoms with Crippen molar-refractivity contribution in [2.75, 3.05) is 25.5 Å². The van der Waals surface area contributed by atoms with Crippen molar-refractivity contribution in [2.45, 2.75) is 31.2 Å². The Hall–Kier alpha value is -2.71. The number of carbonyl (C=O) groups excluding carboxylic acids is 2. The van der Waals surface area contributed by atoms with Gasteiger partial charge in [-0.25, -0.2) is 12.7 Å². The minimum Gasteiger partial charge on any atom is -0.352 e. The van der Waals surface area contributed by atoms with Crippen molar-refractivity contribution in [2.24, 2.45) is 5.92 Å². The van der Waals surface area contributed by atoms with Gasteiger partial charge in [0.25, 0.3) is 0 Å². The smallest absolute Gasteiger partial charge is 0.242 e. The van der Waals surface area contributed by atoms with Gasteiger partial charge in [0.1, 0.15) is 0 Å². The summed E-state index contributed by atoms with van der Waals surface area (Å²) in [6, 6.07) is 14.4. The molecule has 1 heterocycles. The predicted molar refractivity (Wildman–Crippen MR) is 115 cm³/mol. The maximum Gasteiger partial charge on any atom is 0.242 e. The van der Waals surface area contributed by atoms with E-state index in [0.29, 0.717) is 12.1 Å². The molecule has 2 aromatic rings. The van der Waals surface area contributed by atoms with Gasteiger partial charge in [0.15, 0.2) is 0 Å². The second-order valence-corrected chi connectivity index (χ2v) is 9.66. The van der Waals surface area contributed by atoms with Crippen LogP contribution in [0.15, 0.2) is 53.4 Å². The average Bonchev–Trinajstić information content (AvgIpc) is 3.13. The number of nitrogens with zero attached hydrogens (tertiary/aromatic N) is 2. The molecule has 0 radical (unpaired) electrons. The molecular formula is C22H27N3O4S. The van der Waals surface area contributed by atoms with Gasteiger partial charge in [0.05, 0.1) is 10.8 Å². The standard InChI is InChI=1S/C22H27N3O4S/c1-4-16-8-7-10-19(12-16)25-15-18(13-21(25)26)22(27)23-14-17-9-5-6-11-20(17)30(28,29)24(2)3/h5-12,18H,4,13-15H2,1-3H3,(H,23,27)/t18-/m1/s1. The maximum absolute atomic E-state index is 12.7. The lowest BCUT2D eigenvalue weighted by Gasteiger charge is -2.18. The van der Waals surface area contributed by atoms with E-state index in [1.165, 1.54) is 20.2 Å². The normalized spacial score (nSPS) is 16.9. The number of carbonyl (C=O) groups is 2. The fraction of sp³-hybridized carbons (Fsp3) is 0.364. The van der Waals surface area contributed by atoms with Crippen molar-refractivity contribution in [3.05, 3.63) is 59.7 Å². The molecule has 1 atom stereocenters. The minimum atomic E-state index is -3.62. The quantitative estimate of drug-likeness (QED) is 0.731. The van der Waals surface area contributed by atoms with E-state index in [9.17, 15) is 18.0 Å². The Labute approximate surface area is 177 Å². The highest BCUT2D eigenvalue weighted by molar-refractivity contribution is 7.89. The first-order valence-electron chi connectivity index (χ1n) is 9.91. The summed E-state index contributed by atoms with van der Waals surface area (Å²) in [5.74, 6) is -0.811. The fourth-order valence-corrected chi connectivity index (χ4v) is 4.62. The van der Waals surface area contributed by atoms with Crippen molar-refractivity contribution < 1.29 is 18.0 Å². The average molecular weight is 430 g/mol. The molecule has 2 aromatic carbocycles. The van der Waals surface area contributed by atoms with E-state index in [1.54, 1.807) is 23.1 Å². The minimum absolute atomic E-state index is 0.0814. The van der Waals surface area contributed by atoms with Crippen molar-refractivity contribution >= 4 is 27.5 Å². The fourth-order valence-electron chi connectivity index (χ4n) is 3.50. The molecule has 3 rings (SSSR count). The van der Waals surface area contributed by atoms with Gasteiger partial charge in [-0.15, -0.1) is 0 Å². The number of nitrogens with one attached hydrogen (secondary N) is 1. The van der Waals surface area contributed by atoms with Crippen LogP contribution in [0.5, 0.6) is 0 Å². The molecular weight excluding hydrogens is 402 g/mol. The summed E-state index contributed by atoms with van der Waals surface area (Å²) in [7, 11) is -0.677. The summed E-state index contributed by atoms with van der Waals surface area (Å²) in [5.41, 5.74) is 2.44. The summed E-state index contributed by atoms with van der Waals surface area (Å²) in [6.07, 6.45) is 1.01. The molecule has 0 aliphatic carbocycles. The Balaban J connectivity index is 1.69. The van der Waals surface area contributed by atoms with E-state index in [1.807, 2.05) is 24.3 Å². The molecule has 1 aliphatic heterocycles. The van der Waals surface area contributed by atoms with Crippen LogP contribution in [0.25, 0.3) is 0 Å². The Bertz CT molecular complexity index is 1050. The van der Waals surface area contributed by atoms with Crippen LogP contribution in [0, 0.1) is 5.92 Å². The van der Waals surface area contributed by atoms with Crippen LogP contribution >= 0.6 is 0 Å². The van der Waals surface area contributed by atoms with Crippen LogP contribution < -0.4 is 10.2 Å². The Kier molecular flexibility index (Phi) is 6.58. The van der Waals surface area contributed by atoms with E-state index in [0.717, 1.165) is 22.0 Å². The summed E-state index contributed by atoms with van der Waals surface area (Å²) in [5, 5.41) is 2.81. The molecule has 2 amide bonds. The van der Waals surface area contributed by atoms with E-state index in [2.05, 4.69) is 12.2 Å². The molecule has 0 spiro atoms. The number of amides is 2. The van der Waals surface area contributed by atoms with Crippen molar-refractivity contribution in [3.63, 3.8) is 0 Å². The molecule has 1 aliphatic rings. The third kappa shape index (κ3) is 4.55. The van der Waals surface area contributed by atoms with Gasteiger partial charge < -0.3 is 10.2 Å². The molecule has 0 bridgehead atoms. The van der Waals surface area contributed by atoms with Crippen molar-refractivity contribution in [3.8, 4) is 0 Å². The first kappa shape index (κ1) is 22.0. The molecule has 1 saturated heterocycles. The Morgan fingerprint density at radius 1 is 1.17 bits per heavy atom. The van der Waals surface area contributed by atoms with Gasteiger partial charge in [-0.2, -0.15) is 0 Å². The van der Waals surface area contributed by atoms with E-state index >= 15 is 0 Å². The summed E-state index contributed by atoms with van der Waals surface area (Å²) in [6.45, 7) is 2.45. The number of sulfonamides is 1. The van der Waals surface area contributed by atoms with Crippen LogP contribution in [-0.2, 0) is 32.6 Å². The third-order valence-corrected chi connectivity index (χ3v) is 7.23. The maximum atomic E-state index is 12.7. The van der Waals surface area contributed by atoms with Crippen molar-refractivity contribution in [1.29, 1.82) is 0 Å². The lowest BCUT2D eigenvalue weighted by molar-refractivity contribution is -0.126. The van der Waals surface area contributed by atoms with Crippen LogP contribution in [0.3, 0.4) is 0 Å². The molecule has 160 valence electrons. The third-order valence-electron chi connectivity index (χ3n) is 5.31. The zero-order valence-corrected chi connectivity index (χ0v) is 18.3. The van der Waals surface area contributed by atoms with E-state index in [-0.39, 0.29) is 29.7 Å². The van der Waals surface area contributed by atoms with Gasteiger partial charge in [-0.3, -0.25) is 9.59 Å². The van der Waals surface area contributed by atoms with Gasteiger partial charge in [-0.1, -0.05) is 37.3 Å². The summed E-state index contributed by atoms with van der Waals surface area (Å²) < 4.78 is 26.2. The van der Waals surface area contributed by atoms with Gasteiger partial charge in [0.2, 0.25) is 21.8 Å². The predicted octanol–water partition coefficient (Wildman–Crippen LogP) is 2.17. The Morgan fingerprint density at radius 3 is 2.60 bits per heavy atom. The lowest BCUT2D eigenvalue weighted by Crippen LogP contribution is -2.33.